The van der Waals surface area contributed by atoms with Crippen LogP contribution in [-0.2, 0) is 4.79 Å². The largest absolute Gasteiger partial charge is 0.349 e. The first-order chi connectivity index (χ1) is 7.73. The van der Waals surface area contributed by atoms with E-state index in [1.165, 1.54) is 11.1 Å². The molecule has 0 aliphatic heterocycles. The van der Waals surface area contributed by atoms with Crippen LogP contribution < -0.4 is 5.32 Å². The minimum atomic E-state index is -1.89. The van der Waals surface area contributed by atoms with Gasteiger partial charge in [0.15, 0.2) is 0 Å². The number of halogens is 3. The molecule has 0 aromatic carbocycles. The summed E-state index contributed by atoms with van der Waals surface area (Å²) < 4.78 is -1.89. The Bertz CT molecular complexity index is 312. The average Bonchev–Trinajstić information content (AvgIpc) is 2.15. The second-order valence-corrected chi connectivity index (χ2v) is 6.36. The predicted molar refractivity (Wildman–Crippen MR) is 75.7 cm³/mol. The number of rotatable bonds is 5. The highest BCUT2D eigenvalue weighted by Crippen LogP contribution is 2.25. The van der Waals surface area contributed by atoms with Gasteiger partial charge in [0, 0.05) is 6.54 Å². The number of hydrogen-bond acceptors (Lipinski definition) is 1. The van der Waals surface area contributed by atoms with Gasteiger partial charge in [-0.25, -0.2) is 0 Å². The van der Waals surface area contributed by atoms with Gasteiger partial charge < -0.3 is 5.32 Å². The lowest BCUT2D eigenvalue weighted by atomic mass is 10.1. The van der Waals surface area contributed by atoms with Crippen molar-refractivity contribution in [3.63, 3.8) is 0 Å². The number of allylic oxidation sites excluding steroid dienone is 3. The lowest BCUT2D eigenvalue weighted by molar-refractivity contribution is -0.120. The molecule has 0 saturated heterocycles. The van der Waals surface area contributed by atoms with Gasteiger partial charge >= 0.3 is 0 Å². The van der Waals surface area contributed by atoms with Crippen molar-refractivity contribution in [1.82, 2.24) is 5.32 Å². The first kappa shape index (κ1) is 16.8. The van der Waals surface area contributed by atoms with Crippen molar-refractivity contribution in [2.75, 3.05) is 6.54 Å². The maximum Gasteiger partial charge on any atom is 0.272 e. The zero-order valence-corrected chi connectivity index (χ0v) is 12.6. The van der Waals surface area contributed by atoms with Gasteiger partial charge in [-0.2, -0.15) is 0 Å². The average molecular weight is 299 g/mol. The van der Waals surface area contributed by atoms with E-state index in [0.717, 1.165) is 12.8 Å². The maximum absolute atomic E-state index is 11.2. The molecule has 0 aliphatic rings. The smallest absolute Gasteiger partial charge is 0.272 e. The van der Waals surface area contributed by atoms with Gasteiger partial charge in [-0.15, -0.1) is 0 Å². The van der Waals surface area contributed by atoms with Gasteiger partial charge in [0.2, 0.25) is 0 Å². The standard InChI is InChI=1S/C12H18Cl3NO/c1-9(2)5-4-6-10(3)7-8-16-11(17)12(13,14)15/h5,7H,4,6,8H2,1-3H3,(H,16,17)/b10-7-. The Kier molecular flexibility index (Phi) is 7.93. The molecular formula is C12H18Cl3NO. The minimum Gasteiger partial charge on any atom is -0.349 e. The van der Waals surface area contributed by atoms with Crippen LogP contribution in [0.15, 0.2) is 23.3 Å². The number of carbonyl (C=O) groups excluding carboxylic acids is 1. The highest BCUT2D eigenvalue weighted by Gasteiger charge is 2.29. The number of alkyl halides is 3. The molecule has 17 heavy (non-hydrogen) atoms. The molecule has 0 aliphatic carbocycles. The number of amides is 1. The molecule has 1 N–H and O–H groups in total. The Balaban J connectivity index is 3.93. The van der Waals surface area contributed by atoms with Gasteiger partial charge in [-0.3, -0.25) is 4.79 Å². The summed E-state index contributed by atoms with van der Waals surface area (Å²) in [5, 5.41) is 2.53. The summed E-state index contributed by atoms with van der Waals surface area (Å²) in [5.41, 5.74) is 2.51. The zero-order valence-electron chi connectivity index (χ0n) is 10.3. The SMILES string of the molecule is CC(C)=CCC/C(C)=C\CNC(=O)C(Cl)(Cl)Cl. The molecule has 0 spiro atoms. The molecule has 0 heterocycles. The molecule has 1 amide bonds. The molecule has 0 aromatic rings. The summed E-state index contributed by atoms with van der Waals surface area (Å²) in [6.45, 7) is 6.54. The van der Waals surface area contributed by atoms with Crippen molar-refractivity contribution < 1.29 is 4.79 Å². The molecule has 98 valence electrons. The molecule has 0 fully saturated rings. The highest BCUT2D eigenvalue weighted by molar-refractivity contribution is 6.76. The maximum atomic E-state index is 11.2. The third-order valence-electron chi connectivity index (χ3n) is 2.06. The normalized spacial score (nSPS) is 12.2. The lowest BCUT2D eigenvalue weighted by Gasteiger charge is -2.09. The zero-order chi connectivity index (χ0) is 13.5. The Morgan fingerprint density at radius 3 is 2.24 bits per heavy atom. The van der Waals surface area contributed by atoms with Crippen LogP contribution in [0.25, 0.3) is 0 Å². The second-order valence-electron chi connectivity index (χ2n) is 4.08. The van der Waals surface area contributed by atoms with Gasteiger partial charge in [0.05, 0.1) is 0 Å². The van der Waals surface area contributed by atoms with Crippen LogP contribution in [0.3, 0.4) is 0 Å². The molecule has 2 nitrogen and oxygen atoms in total. The van der Waals surface area contributed by atoms with Crippen LogP contribution in [0.1, 0.15) is 33.6 Å². The van der Waals surface area contributed by atoms with E-state index in [4.69, 9.17) is 34.8 Å². The Morgan fingerprint density at radius 1 is 1.18 bits per heavy atom. The summed E-state index contributed by atoms with van der Waals surface area (Å²) >= 11 is 16.2. The van der Waals surface area contributed by atoms with Gasteiger partial charge in [0.1, 0.15) is 0 Å². The van der Waals surface area contributed by atoms with Crippen molar-refractivity contribution in [2.45, 2.75) is 37.4 Å². The lowest BCUT2D eigenvalue weighted by Crippen LogP contribution is -2.34. The molecule has 0 saturated carbocycles. The van der Waals surface area contributed by atoms with Crippen LogP contribution in [0.5, 0.6) is 0 Å². The fourth-order valence-electron chi connectivity index (χ4n) is 1.11. The van der Waals surface area contributed by atoms with E-state index in [2.05, 4.69) is 25.2 Å². The third kappa shape index (κ3) is 9.51. The molecule has 0 atom stereocenters. The number of carbonyl (C=O) groups is 1. The summed E-state index contributed by atoms with van der Waals surface area (Å²) in [6.07, 6.45) is 6.07. The van der Waals surface area contributed by atoms with E-state index >= 15 is 0 Å². The Morgan fingerprint density at radius 2 is 1.76 bits per heavy atom. The molecule has 0 radical (unpaired) electrons. The number of hydrogen-bond donors (Lipinski definition) is 1. The Hall–Kier alpha value is -0.180. The van der Waals surface area contributed by atoms with Crippen LogP contribution >= 0.6 is 34.8 Å². The van der Waals surface area contributed by atoms with Crippen LogP contribution in [-0.4, -0.2) is 16.2 Å². The van der Waals surface area contributed by atoms with Crippen molar-refractivity contribution in [3.8, 4) is 0 Å². The molecule has 0 aromatic heterocycles. The van der Waals surface area contributed by atoms with E-state index in [-0.39, 0.29) is 0 Å². The predicted octanol–water partition coefficient (Wildman–Crippen LogP) is 4.17. The van der Waals surface area contributed by atoms with E-state index in [1.807, 2.05) is 13.0 Å². The Labute approximate surface area is 118 Å². The van der Waals surface area contributed by atoms with E-state index in [9.17, 15) is 4.79 Å². The van der Waals surface area contributed by atoms with Gasteiger partial charge in [-0.05, 0) is 33.6 Å². The first-order valence-electron chi connectivity index (χ1n) is 5.37. The van der Waals surface area contributed by atoms with E-state index < -0.39 is 9.70 Å². The van der Waals surface area contributed by atoms with Crippen LogP contribution in [0, 0.1) is 0 Å². The molecular weight excluding hydrogens is 280 g/mol. The fraction of sp³-hybridized carbons (Fsp3) is 0.583. The van der Waals surface area contributed by atoms with Crippen molar-refractivity contribution in [3.05, 3.63) is 23.3 Å². The van der Waals surface area contributed by atoms with Crippen LogP contribution in [0.2, 0.25) is 0 Å². The van der Waals surface area contributed by atoms with Crippen molar-refractivity contribution in [1.29, 1.82) is 0 Å². The summed E-state index contributed by atoms with van der Waals surface area (Å²) in [7, 11) is 0. The summed E-state index contributed by atoms with van der Waals surface area (Å²) in [5.74, 6) is -0.601. The van der Waals surface area contributed by atoms with Crippen molar-refractivity contribution >= 4 is 40.7 Å². The second kappa shape index (κ2) is 8.02. The summed E-state index contributed by atoms with van der Waals surface area (Å²) in [4.78, 5) is 11.2. The molecule has 5 heteroatoms. The molecule has 0 unspecified atom stereocenters. The first-order valence-corrected chi connectivity index (χ1v) is 6.51. The van der Waals surface area contributed by atoms with Crippen molar-refractivity contribution in [2.24, 2.45) is 0 Å². The monoisotopic (exact) mass is 297 g/mol. The topological polar surface area (TPSA) is 29.1 Å². The number of nitrogens with one attached hydrogen (secondary N) is 1. The fourth-order valence-corrected chi connectivity index (χ4v) is 1.31. The van der Waals surface area contributed by atoms with Crippen LogP contribution in [0.4, 0.5) is 0 Å². The summed E-state index contributed by atoms with van der Waals surface area (Å²) in [6, 6.07) is 0. The van der Waals surface area contributed by atoms with E-state index in [1.54, 1.807) is 0 Å². The molecule has 0 bridgehead atoms. The van der Waals surface area contributed by atoms with E-state index in [0.29, 0.717) is 6.54 Å². The van der Waals surface area contributed by atoms with Gasteiger partial charge in [-0.1, -0.05) is 58.1 Å². The van der Waals surface area contributed by atoms with Gasteiger partial charge in [0.25, 0.3) is 9.70 Å². The molecule has 0 rings (SSSR count). The quantitative estimate of drug-likeness (QED) is 0.599. The minimum absolute atomic E-state index is 0.382. The highest BCUT2D eigenvalue weighted by atomic mass is 35.6. The third-order valence-corrected chi connectivity index (χ3v) is 2.58.